The molecule has 0 heterocycles. The maximum Gasteiger partial charge on any atom is 0.309 e. The standard InChI is InChI=1S/C14H24O6/c1-9(15)7-19-13(17)11-3-5-12(6-4-11)14(18)20-8-10(2)16/h9-12,15-16H,3-8H2,1-2H3/t9?,10?,11-,12+. The van der Waals surface area contributed by atoms with E-state index in [-0.39, 0.29) is 37.0 Å². The van der Waals surface area contributed by atoms with E-state index in [1.54, 1.807) is 13.8 Å². The van der Waals surface area contributed by atoms with Crippen LogP contribution < -0.4 is 0 Å². The minimum Gasteiger partial charge on any atom is -0.463 e. The number of aliphatic hydroxyl groups is 2. The van der Waals surface area contributed by atoms with Gasteiger partial charge in [-0.25, -0.2) is 0 Å². The van der Waals surface area contributed by atoms with Gasteiger partial charge in [0.15, 0.2) is 0 Å². The molecule has 2 atom stereocenters. The molecule has 0 spiro atoms. The fourth-order valence-corrected chi connectivity index (χ4v) is 2.21. The highest BCUT2D eigenvalue weighted by Gasteiger charge is 2.31. The first-order valence-electron chi connectivity index (χ1n) is 7.09. The number of carbonyl (C=O) groups excluding carboxylic acids is 2. The molecule has 116 valence electrons. The number of ether oxygens (including phenoxy) is 2. The Morgan fingerprint density at radius 2 is 1.20 bits per heavy atom. The van der Waals surface area contributed by atoms with E-state index in [4.69, 9.17) is 19.7 Å². The first-order valence-corrected chi connectivity index (χ1v) is 7.09. The van der Waals surface area contributed by atoms with Gasteiger partial charge in [0.2, 0.25) is 0 Å². The lowest BCUT2D eigenvalue weighted by atomic mass is 9.82. The fourth-order valence-electron chi connectivity index (χ4n) is 2.21. The number of esters is 2. The van der Waals surface area contributed by atoms with E-state index in [2.05, 4.69) is 0 Å². The largest absolute Gasteiger partial charge is 0.463 e. The van der Waals surface area contributed by atoms with Crippen LogP contribution in [0.5, 0.6) is 0 Å². The maximum atomic E-state index is 11.7. The van der Waals surface area contributed by atoms with Crippen molar-refractivity contribution in [1.29, 1.82) is 0 Å². The summed E-state index contributed by atoms with van der Waals surface area (Å²) in [4.78, 5) is 23.4. The van der Waals surface area contributed by atoms with E-state index in [0.29, 0.717) is 25.7 Å². The van der Waals surface area contributed by atoms with Crippen LogP contribution in [0.15, 0.2) is 0 Å². The quantitative estimate of drug-likeness (QED) is 0.697. The van der Waals surface area contributed by atoms with Gasteiger partial charge < -0.3 is 19.7 Å². The lowest BCUT2D eigenvalue weighted by Crippen LogP contribution is -2.30. The van der Waals surface area contributed by atoms with Gasteiger partial charge in [-0.3, -0.25) is 9.59 Å². The molecule has 0 aromatic carbocycles. The molecule has 2 unspecified atom stereocenters. The van der Waals surface area contributed by atoms with E-state index in [9.17, 15) is 9.59 Å². The Kier molecular flexibility index (Phi) is 6.95. The second-order valence-electron chi connectivity index (χ2n) is 5.51. The average molecular weight is 288 g/mol. The number of aliphatic hydroxyl groups excluding tert-OH is 2. The van der Waals surface area contributed by atoms with Gasteiger partial charge in [-0.15, -0.1) is 0 Å². The van der Waals surface area contributed by atoms with Crippen LogP contribution in [0.4, 0.5) is 0 Å². The summed E-state index contributed by atoms with van der Waals surface area (Å²) < 4.78 is 9.96. The van der Waals surface area contributed by atoms with Crippen LogP contribution in [-0.2, 0) is 19.1 Å². The third-order valence-corrected chi connectivity index (χ3v) is 3.33. The SMILES string of the molecule is CC(O)COC(=O)[C@H]1CC[C@@H](C(=O)OCC(C)O)CC1. The van der Waals surface area contributed by atoms with Gasteiger partial charge in [0.25, 0.3) is 0 Å². The minimum atomic E-state index is -0.661. The second kappa shape index (κ2) is 8.21. The van der Waals surface area contributed by atoms with Crippen molar-refractivity contribution in [2.45, 2.75) is 51.7 Å². The summed E-state index contributed by atoms with van der Waals surface area (Å²) in [7, 11) is 0. The van der Waals surface area contributed by atoms with Crippen LogP contribution in [0.1, 0.15) is 39.5 Å². The van der Waals surface area contributed by atoms with E-state index in [0.717, 1.165) is 0 Å². The zero-order valence-corrected chi connectivity index (χ0v) is 12.1. The van der Waals surface area contributed by atoms with Crippen LogP contribution in [0.3, 0.4) is 0 Å². The van der Waals surface area contributed by atoms with Crippen molar-refractivity contribution < 1.29 is 29.3 Å². The maximum absolute atomic E-state index is 11.7. The molecule has 1 aliphatic rings. The highest BCUT2D eigenvalue weighted by Crippen LogP contribution is 2.30. The van der Waals surface area contributed by atoms with Crippen molar-refractivity contribution in [2.24, 2.45) is 11.8 Å². The van der Waals surface area contributed by atoms with Crippen molar-refractivity contribution in [1.82, 2.24) is 0 Å². The zero-order valence-electron chi connectivity index (χ0n) is 12.1. The summed E-state index contributed by atoms with van der Waals surface area (Å²) in [5.41, 5.74) is 0. The average Bonchev–Trinajstić information content (AvgIpc) is 2.42. The third kappa shape index (κ3) is 5.88. The minimum absolute atomic E-state index is 0.00912. The predicted octanol–water partition coefficient (Wildman–Crippen LogP) is 0.641. The molecule has 1 saturated carbocycles. The highest BCUT2D eigenvalue weighted by atomic mass is 16.5. The molecule has 0 saturated heterocycles. The molecule has 2 N–H and O–H groups in total. The summed E-state index contributed by atoms with van der Waals surface area (Å²) in [6, 6.07) is 0. The van der Waals surface area contributed by atoms with Crippen molar-refractivity contribution in [3.63, 3.8) is 0 Å². The highest BCUT2D eigenvalue weighted by molar-refractivity contribution is 5.75. The molecule has 1 rings (SSSR count). The van der Waals surface area contributed by atoms with Crippen molar-refractivity contribution >= 4 is 11.9 Å². The topological polar surface area (TPSA) is 93.1 Å². The van der Waals surface area contributed by atoms with Gasteiger partial charge in [-0.1, -0.05) is 0 Å². The number of carbonyl (C=O) groups is 2. The molecule has 20 heavy (non-hydrogen) atoms. The molecule has 0 radical (unpaired) electrons. The fraction of sp³-hybridized carbons (Fsp3) is 0.857. The molecular formula is C14H24O6. The normalized spacial score (nSPS) is 25.6. The number of hydrogen-bond donors (Lipinski definition) is 2. The molecule has 6 nitrogen and oxygen atoms in total. The van der Waals surface area contributed by atoms with Crippen LogP contribution in [0.2, 0.25) is 0 Å². The smallest absolute Gasteiger partial charge is 0.309 e. The van der Waals surface area contributed by atoms with E-state index in [1.165, 1.54) is 0 Å². The Hall–Kier alpha value is -1.14. The summed E-state index contributed by atoms with van der Waals surface area (Å²) in [6.07, 6.45) is 1.04. The van der Waals surface area contributed by atoms with E-state index >= 15 is 0 Å². The molecule has 0 aromatic heterocycles. The van der Waals surface area contributed by atoms with Gasteiger partial charge in [-0.2, -0.15) is 0 Å². The van der Waals surface area contributed by atoms with Gasteiger partial charge >= 0.3 is 11.9 Å². The molecule has 0 aliphatic heterocycles. The zero-order chi connectivity index (χ0) is 15.1. The van der Waals surface area contributed by atoms with Crippen LogP contribution >= 0.6 is 0 Å². The number of hydrogen-bond acceptors (Lipinski definition) is 6. The lowest BCUT2D eigenvalue weighted by Gasteiger charge is -2.26. The molecule has 0 amide bonds. The van der Waals surface area contributed by atoms with Crippen molar-refractivity contribution in [3.8, 4) is 0 Å². The van der Waals surface area contributed by atoms with Gasteiger partial charge in [-0.05, 0) is 39.5 Å². The number of rotatable bonds is 6. The molecule has 1 fully saturated rings. The Balaban J connectivity index is 2.28. The summed E-state index contributed by atoms with van der Waals surface area (Å²) >= 11 is 0. The molecule has 0 bridgehead atoms. The van der Waals surface area contributed by atoms with Crippen LogP contribution in [0.25, 0.3) is 0 Å². The molecule has 6 heteroatoms. The first kappa shape index (κ1) is 16.9. The van der Waals surface area contributed by atoms with E-state index in [1.807, 2.05) is 0 Å². The molecular weight excluding hydrogens is 264 g/mol. The Labute approximate surface area is 119 Å². The van der Waals surface area contributed by atoms with E-state index < -0.39 is 12.2 Å². The monoisotopic (exact) mass is 288 g/mol. The summed E-state index contributed by atoms with van der Waals surface area (Å²) in [5.74, 6) is -1.01. The van der Waals surface area contributed by atoms with Crippen LogP contribution in [0, 0.1) is 11.8 Å². The summed E-state index contributed by atoms with van der Waals surface area (Å²) in [5, 5.41) is 18.1. The first-order chi connectivity index (χ1) is 9.40. The predicted molar refractivity (Wildman–Crippen MR) is 70.7 cm³/mol. The summed E-state index contributed by atoms with van der Waals surface area (Å²) in [6.45, 7) is 3.13. The molecule has 0 aromatic rings. The van der Waals surface area contributed by atoms with Gasteiger partial charge in [0.05, 0.1) is 24.0 Å². The second-order valence-corrected chi connectivity index (χ2v) is 5.51. The Morgan fingerprint density at radius 1 is 0.900 bits per heavy atom. The van der Waals surface area contributed by atoms with Gasteiger partial charge in [0, 0.05) is 0 Å². The van der Waals surface area contributed by atoms with Gasteiger partial charge in [0.1, 0.15) is 13.2 Å². The van der Waals surface area contributed by atoms with Crippen molar-refractivity contribution in [3.05, 3.63) is 0 Å². The third-order valence-electron chi connectivity index (χ3n) is 3.33. The lowest BCUT2D eigenvalue weighted by molar-refractivity contribution is -0.157. The Morgan fingerprint density at radius 3 is 1.45 bits per heavy atom. The van der Waals surface area contributed by atoms with Crippen LogP contribution in [-0.4, -0.2) is 47.6 Å². The molecule has 1 aliphatic carbocycles. The Bertz CT molecular complexity index is 286. The van der Waals surface area contributed by atoms with Crippen molar-refractivity contribution in [2.75, 3.05) is 13.2 Å².